The summed E-state index contributed by atoms with van der Waals surface area (Å²) in [5, 5.41) is 0. The highest BCUT2D eigenvalue weighted by Gasteiger charge is 2.67. The van der Waals surface area contributed by atoms with E-state index in [-0.39, 0.29) is 0 Å². The Balaban J connectivity index is 1.61. The van der Waals surface area contributed by atoms with Gasteiger partial charge < -0.3 is 0 Å². The second-order valence-corrected chi connectivity index (χ2v) is 4.88. The summed E-state index contributed by atoms with van der Waals surface area (Å²) in [7, 11) is 0. The number of fused-ring (bicyclic) bond motifs is 1. The fraction of sp³-hybridized carbons (Fsp3) is 1.00. The maximum absolute atomic E-state index is 2.49. The summed E-state index contributed by atoms with van der Waals surface area (Å²) in [5.41, 5.74) is 0. The van der Waals surface area contributed by atoms with E-state index in [1.165, 1.54) is 24.2 Å². The van der Waals surface area contributed by atoms with Crippen molar-refractivity contribution < 1.29 is 0 Å². The van der Waals surface area contributed by atoms with E-state index >= 15 is 0 Å². The molecule has 0 aromatic carbocycles. The second kappa shape index (κ2) is 1.44. The maximum atomic E-state index is 2.49. The van der Waals surface area contributed by atoms with Gasteiger partial charge in [0.2, 0.25) is 0 Å². The third-order valence-corrected chi connectivity index (χ3v) is 4.19. The summed E-state index contributed by atoms with van der Waals surface area (Å²) in [6.07, 6.45) is 3.13. The van der Waals surface area contributed by atoms with E-state index in [0.717, 1.165) is 17.8 Å². The van der Waals surface area contributed by atoms with Crippen LogP contribution in [0.4, 0.5) is 0 Å². The molecule has 0 aromatic heterocycles. The lowest BCUT2D eigenvalue weighted by atomic mass is 9.93. The monoisotopic (exact) mass is 136 g/mol. The van der Waals surface area contributed by atoms with Crippen molar-refractivity contribution in [1.82, 2.24) is 0 Å². The van der Waals surface area contributed by atoms with E-state index < -0.39 is 0 Å². The van der Waals surface area contributed by atoms with E-state index in [4.69, 9.17) is 0 Å². The molecule has 0 heterocycles. The van der Waals surface area contributed by atoms with Crippen LogP contribution in [0.25, 0.3) is 0 Å². The number of rotatable bonds is 2. The second-order valence-electron chi connectivity index (χ2n) is 4.88. The molecular formula is C10H16. The van der Waals surface area contributed by atoms with Crippen molar-refractivity contribution >= 4 is 0 Å². The standard InChI is InChI=1S/C10H16/c1-5-3-7(5)6(2)10-8-4-9(8)10/h5-10H,3-4H2,1-2H3. The number of hydrogen-bond acceptors (Lipinski definition) is 0. The van der Waals surface area contributed by atoms with Gasteiger partial charge in [0.1, 0.15) is 0 Å². The van der Waals surface area contributed by atoms with Crippen LogP contribution in [0.1, 0.15) is 26.7 Å². The van der Waals surface area contributed by atoms with Gasteiger partial charge in [-0.2, -0.15) is 0 Å². The van der Waals surface area contributed by atoms with Gasteiger partial charge in [0, 0.05) is 0 Å². The van der Waals surface area contributed by atoms with Crippen molar-refractivity contribution in [1.29, 1.82) is 0 Å². The molecule has 10 heavy (non-hydrogen) atoms. The highest BCUT2D eigenvalue weighted by Crippen LogP contribution is 2.73. The molecule has 5 unspecified atom stereocenters. The van der Waals surface area contributed by atoms with Crippen molar-refractivity contribution in [3.63, 3.8) is 0 Å². The molecule has 0 aromatic rings. The summed E-state index contributed by atoms with van der Waals surface area (Å²) >= 11 is 0. The molecule has 0 spiro atoms. The fourth-order valence-corrected chi connectivity index (χ4v) is 2.98. The topological polar surface area (TPSA) is 0 Å². The molecule has 0 aliphatic heterocycles. The Morgan fingerprint density at radius 2 is 1.80 bits per heavy atom. The Labute approximate surface area is 63.0 Å². The van der Waals surface area contributed by atoms with Crippen LogP contribution in [-0.2, 0) is 0 Å². The zero-order valence-corrected chi connectivity index (χ0v) is 6.88. The largest absolute Gasteiger partial charge is 0.0622 e. The van der Waals surface area contributed by atoms with E-state index in [1.54, 1.807) is 6.42 Å². The van der Waals surface area contributed by atoms with Gasteiger partial charge in [0.05, 0.1) is 0 Å². The van der Waals surface area contributed by atoms with Crippen LogP contribution in [0, 0.1) is 35.5 Å². The van der Waals surface area contributed by atoms with Crippen LogP contribution in [0.3, 0.4) is 0 Å². The van der Waals surface area contributed by atoms with Gasteiger partial charge in [-0.15, -0.1) is 0 Å². The molecule has 0 saturated heterocycles. The molecule has 3 aliphatic carbocycles. The molecular weight excluding hydrogens is 120 g/mol. The molecule has 3 aliphatic rings. The predicted molar refractivity (Wildman–Crippen MR) is 41.5 cm³/mol. The quantitative estimate of drug-likeness (QED) is 0.547. The minimum Gasteiger partial charge on any atom is -0.0622 e. The third kappa shape index (κ3) is 0.580. The lowest BCUT2D eigenvalue weighted by Gasteiger charge is -2.12. The first-order valence-electron chi connectivity index (χ1n) is 4.79. The lowest BCUT2D eigenvalue weighted by molar-refractivity contribution is 0.358. The molecule has 3 saturated carbocycles. The normalized spacial score (nSPS) is 64.8. The summed E-state index contributed by atoms with van der Waals surface area (Å²) < 4.78 is 0. The van der Waals surface area contributed by atoms with Gasteiger partial charge in [-0.25, -0.2) is 0 Å². The zero-order valence-electron chi connectivity index (χ0n) is 6.88. The van der Waals surface area contributed by atoms with Crippen LogP contribution in [0.2, 0.25) is 0 Å². The summed E-state index contributed by atoms with van der Waals surface area (Å²) in [6.45, 7) is 4.90. The van der Waals surface area contributed by atoms with Crippen LogP contribution in [0.15, 0.2) is 0 Å². The van der Waals surface area contributed by atoms with Crippen LogP contribution >= 0.6 is 0 Å². The molecule has 5 atom stereocenters. The predicted octanol–water partition coefficient (Wildman–Crippen LogP) is 2.54. The first-order chi connectivity index (χ1) is 4.79. The van der Waals surface area contributed by atoms with Gasteiger partial charge in [-0.05, 0) is 48.3 Å². The van der Waals surface area contributed by atoms with Crippen molar-refractivity contribution in [2.45, 2.75) is 26.7 Å². The Bertz CT molecular complexity index is 160. The SMILES string of the molecule is CC1CC1C(C)C1C2CC21. The molecule has 0 radical (unpaired) electrons. The average molecular weight is 136 g/mol. The van der Waals surface area contributed by atoms with Gasteiger partial charge in [0.15, 0.2) is 0 Å². The van der Waals surface area contributed by atoms with Crippen LogP contribution in [0.5, 0.6) is 0 Å². The molecule has 56 valence electrons. The zero-order chi connectivity index (χ0) is 6.88. The van der Waals surface area contributed by atoms with E-state index in [0.29, 0.717) is 0 Å². The summed E-state index contributed by atoms with van der Waals surface area (Å²) in [5.74, 6) is 6.96. The molecule has 0 nitrogen and oxygen atoms in total. The first-order valence-corrected chi connectivity index (χ1v) is 4.79. The third-order valence-electron chi connectivity index (χ3n) is 4.19. The molecule has 0 bridgehead atoms. The van der Waals surface area contributed by atoms with Crippen molar-refractivity contribution in [2.24, 2.45) is 35.5 Å². The first kappa shape index (κ1) is 5.62. The molecule has 0 heteroatoms. The molecule has 0 N–H and O–H groups in total. The Kier molecular flexibility index (Phi) is 0.810. The van der Waals surface area contributed by atoms with E-state index in [1.807, 2.05) is 0 Å². The van der Waals surface area contributed by atoms with Crippen molar-refractivity contribution in [2.75, 3.05) is 0 Å². The summed E-state index contributed by atoms with van der Waals surface area (Å²) in [6, 6.07) is 0. The minimum absolute atomic E-state index is 1.08. The van der Waals surface area contributed by atoms with Crippen LogP contribution < -0.4 is 0 Å². The molecule has 0 amide bonds. The van der Waals surface area contributed by atoms with Gasteiger partial charge in [-0.1, -0.05) is 13.8 Å². The Morgan fingerprint density at radius 3 is 2.10 bits per heavy atom. The van der Waals surface area contributed by atoms with Crippen molar-refractivity contribution in [3.8, 4) is 0 Å². The maximum Gasteiger partial charge on any atom is -0.0323 e. The van der Waals surface area contributed by atoms with Gasteiger partial charge >= 0.3 is 0 Å². The van der Waals surface area contributed by atoms with E-state index in [9.17, 15) is 0 Å². The lowest BCUT2D eigenvalue weighted by Crippen LogP contribution is -2.07. The van der Waals surface area contributed by atoms with E-state index in [2.05, 4.69) is 13.8 Å². The van der Waals surface area contributed by atoms with Gasteiger partial charge in [0.25, 0.3) is 0 Å². The summed E-state index contributed by atoms with van der Waals surface area (Å²) in [4.78, 5) is 0. The minimum atomic E-state index is 1.08. The average Bonchev–Trinajstić information content (AvgIpc) is 2.58. The highest BCUT2D eigenvalue weighted by atomic mass is 14.7. The fourth-order valence-electron chi connectivity index (χ4n) is 2.98. The smallest absolute Gasteiger partial charge is 0.0323 e. The Hall–Kier alpha value is 0. The van der Waals surface area contributed by atoms with Crippen LogP contribution in [-0.4, -0.2) is 0 Å². The highest BCUT2D eigenvalue weighted by molar-refractivity contribution is 5.15. The van der Waals surface area contributed by atoms with Gasteiger partial charge in [-0.3, -0.25) is 0 Å². The Morgan fingerprint density at radius 1 is 1.20 bits per heavy atom. The molecule has 3 fully saturated rings. The van der Waals surface area contributed by atoms with Crippen molar-refractivity contribution in [3.05, 3.63) is 0 Å². The number of hydrogen-bond donors (Lipinski definition) is 0. The molecule has 3 rings (SSSR count).